The maximum absolute atomic E-state index is 14.0. The molecule has 1 fully saturated rings. The first-order valence-electron chi connectivity index (χ1n) is 11.1. The molecule has 4 rings (SSSR count). The molecule has 0 atom stereocenters. The standard InChI is InChI=1S/C27H24ClFN2O4S/c1-4-31-26(32)24(36-27(31)30-19-9-11-20(33-2)12-10-19)15-17-13-21(28)25(23(14-17)34-3)35-16-18-7-5-6-8-22(18)29/h5-15H,4,16H2,1-3H3/b24-15+,30-27?. The van der Waals surface area contributed by atoms with Gasteiger partial charge in [0.1, 0.15) is 18.2 Å². The molecule has 186 valence electrons. The average molecular weight is 527 g/mol. The first-order chi connectivity index (χ1) is 17.4. The Morgan fingerprint density at radius 1 is 1.08 bits per heavy atom. The van der Waals surface area contributed by atoms with Gasteiger partial charge in [0.2, 0.25) is 0 Å². The summed E-state index contributed by atoms with van der Waals surface area (Å²) < 4.78 is 30.4. The van der Waals surface area contributed by atoms with Crippen LogP contribution in [-0.4, -0.2) is 36.7 Å². The summed E-state index contributed by atoms with van der Waals surface area (Å²) in [4.78, 5) is 19.8. The normalized spacial score (nSPS) is 15.6. The number of carbonyl (C=O) groups excluding carboxylic acids is 1. The first kappa shape index (κ1) is 25.6. The summed E-state index contributed by atoms with van der Waals surface area (Å²) in [6.45, 7) is 2.37. The monoisotopic (exact) mass is 526 g/mol. The molecule has 9 heteroatoms. The maximum atomic E-state index is 14.0. The van der Waals surface area contributed by atoms with E-state index in [4.69, 9.17) is 25.8 Å². The van der Waals surface area contributed by atoms with Crippen LogP contribution in [0.1, 0.15) is 18.1 Å². The van der Waals surface area contributed by atoms with Crippen molar-refractivity contribution in [2.75, 3.05) is 20.8 Å². The number of aliphatic imine (C=N–C) groups is 1. The fourth-order valence-electron chi connectivity index (χ4n) is 3.52. The van der Waals surface area contributed by atoms with E-state index < -0.39 is 0 Å². The van der Waals surface area contributed by atoms with Crippen molar-refractivity contribution in [2.24, 2.45) is 4.99 Å². The van der Waals surface area contributed by atoms with Gasteiger partial charge < -0.3 is 14.2 Å². The molecule has 3 aromatic rings. The Labute approximate surface area is 218 Å². The molecule has 3 aromatic carbocycles. The second-order valence-electron chi connectivity index (χ2n) is 7.67. The lowest BCUT2D eigenvalue weighted by atomic mass is 10.1. The molecule has 1 aliphatic heterocycles. The molecule has 1 aliphatic rings. The van der Waals surface area contributed by atoms with Crippen LogP contribution >= 0.6 is 23.4 Å². The van der Waals surface area contributed by atoms with Gasteiger partial charge in [0.25, 0.3) is 5.91 Å². The van der Waals surface area contributed by atoms with Crippen LogP contribution in [0.3, 0.4) is 0 Å². The van der Waals surface area contributed by atoms with Crippen molar-refractivity contribution in [3.63, 3.8) is 0 Å². The second kappa shape index (κ2) is 11.5. The second-order valence-corrected chi connectivity index (χ2v) is 9.08. The summed E-state index contributed by atoms with van der Waals surface area (Å²) >= 11 is 7.78. The number of carbonyl (C=O) groups is 1. The Morgan fingerprint density at radius 3 is 2.50 bits per heavy atom. The van der Waals surface area contributed by atoms with E-state index in [2.05, 4.69) is 4.99 Å². The van der Waals surface area contributed by atoms with Crippen LogP contribution in [-0.2, 0) is 11.4 Å². The van der Waals surface area contributed by atoms with Crippen LogP contribution in [0.5, 0.6) is 17.2 Å². The maximum Gasteiger partial charge on any atom is 0.266 e. The molecule has 0 N–H and O–H groups in total. The minimum atomic E-state index is -0.363. The van der Waals surface area contributed by atoms with Gasteiger partial charge in [-0.3, -0.25) is 9.69 Å². The van der Waals surface area contributed by atoms with E-state index in [9.17, 15) is 9.18 Å². The Hall–Kier alpha value is -3.49. The third kappa shape index (κ3) is 5.66. The molecule has 1 heterocycles. The Kier molecular flexibility index (Phi) is 8.18. The van der Waals surface area contributed by atoms with Gasteiger partial charge >= 0.3 is 0 Å². The number of hydrogen-bond donors (Lipinski definition) is 0. The minimum Gasteiger partial charge on any atom is -0.497 e. The SMILES string of the molecule is CCN1C(=O)/C(=C\c2cc(Cl)c(OCc3ccccc3F)c(OC)c2)SC1=Nc1ccc(OC)cc1. The number of amides is 1. The van der Waals surface area contributed by atoms with Gasteiger partial charge in [-0.15, -0.1) is 0 Å². The molecule has 0 spiro atoms. The van der Waals surface area contributed by atoms with Gasteiger partial charge in [-0.1, -0.05) is 29.8 Å². The zero-order chi connectivity index (χ0) is 25.7. The van der Waals surface area contributed by atoms with Crippen molar-refractivity contribution >= 4 is 46.2 Å². The van der Waals surface area contributed by atoms with E-state index in [-0.39, 0.29) is 23.4 Å². The van der Waals surface area contributed by atoms with Crippen molar-refractivity contribution in [1.29, 1.82) is 0 Å². The highest BCUT2D eigenvalue weighted by Crippen LogP contribution is 2.40. The summed E-state index contributed by atoms with van der Waals surface area (Å²) in [5.41, 5.74) is 1.78. The third-order valence-electron chi connectivity index (χ3n) is 5.38. The van der Waals surface area contributed by atoms with Gasteiger partial charge in [-0.25, -0.2) is 9.38 Å². The van der Waals surface area contributed by atoms with E-state index in [0.717, 1.165) is 5.75 Å². The molecule has 0 bridgehead atoms. The van der Waals surface area contributed by atoms with E-state index in [1.54, 1.807) is 48.4 Å². The zero-order valence-corrected chi connectivity index (χ0v) is 21.5. The van der Waals surface area contributed by atoms with E-state index >= 15 is 0 Å². The van der Waals surface area contributed by atoms with Crippen LogP contribution in [0, 0.1) is 5.82 Å². The van der Waals surface area contributed by atoms with Crippen molar-refractivity contribution in [1.82, 2.24) is 4.90 Å². The molecular weight excluding hydrogens is 503 g/mol. The fourth-order valence-corrected chi connectivity index (χ4v) is 4.85. The van der Waals surface area contributed by atoms with Gasteiger partial charge in [0.05, 0.1) is 29.8 Å². The molecule has 0 radical (unpaired) electrons. The number of likely N-dealkylation sites (N-methyl/N-ethyl adjacent to an activating group) is 1. The number of benzene rings is 3. The highest BCUT2D eigenvalue weighted by Gasteiger charge is 2.32. The molecule has 0 aliphatic carbocycles. The number of nitrogens with zero attached hydrogens (tertiary/aromatic N) is 2. The lowest BCUT2D eigenvalue weighted by Crippen LogP contribution is -2.28. The van der Waals surface area contributed by atoms with E-state index in [0.29, 0.717) is 44.9 Å². The number of rotatable bonds is 8. The Balaban J connectivity index is 1.58. The van der Waals surface area contributed by atoms with Crippen molar-refractivity contribution in [3.8, 4) is 17.2 Å². The summed E-state index contributed by atoms with van der Waals surface area (Å²) in [7, 11) is 3.09. The number of methoxy groups -OCH3 is 2. The lowest BCUT2D eigenvalue weighted by molar-refractivity contribution is -0.122. The predicted molar refractivity (Wildman–Crippen MR) is 142 cm³/mol. The molecule has 1 amide bonds. The number of hydrogen-bond acceptors (Lipinski definition) is 6. The molecule has 0 unspecified atom stereocenters. The van der Waals surface area contributed by atoms with Crippen LogP contribution in [0.25, 0.3) is 6.08 Å². The van der Waals surface area contributed by atoms with Gasteiger partial charge in [0.15, 0.2) is 16.7 Å². The van der Waals surface area contributed by atoms with Crippen LogP contribution in [0.4, 0.5) is 10.1 Å². The Bertz CT molecular complexity index is 1330. The number of amidine groups is 1. The molecule has 1 saturated heterocycles. The molecule has 6 nitrogen and oxygen atoms in total. The molecule has 0 aromatic heterocycles. The van der Waals surface area contributed by atoms with Crippen molar-refractivity contribution in [2.45, 2.75) is 13.5 Å². The summed E-state index contributed by atoms with van der Waals surface area (Å²) in [6, 6.07) is 17.1. The topological polar surface area (TPSA) is 60.4 Å². The number of thioether (sulfide) groups is 1. The Morgan fingerprint density at radius 2 is 1.83 bits per heavy atom. The van der Waals surface area contributed by atoms with Crippen LogP contribution in [0.15, 0.2) is 70.6 Å². The fraction of sp³-hybridized carbons (Fsp3) is 0.185. The molecular formula is C27H24ClFN2O4S. The summed E-state index contributed by atoms with van der Waals surface area (Å²) in [6.07, 6.45) is 1.74. The third-order valence-corrected chi connectivity index (χ3v) is 6.67. The van der Waals surface area contributed by atoms with Crippen LogP contribution < -0.4 is 14.2 Å². The zero-order valence-electron chi connectivity index (χ0n) is 20.0. The first-order valence-corrected chi connectivity index (χ1v) is 12.3. The van der Waals surface area contributed by atoms with Crippen molar-refractivity contribution < 1.29 is 23.4 Å². The highest BCUT2D eigenvalue weighted by atomic mass is 35.5. The summed E-state index contributed by atoms with van der Waals surface area (Å²) in [5.74, 6) is 0.893. The van der Waals surface area contributed by atoms with Gasteiger partial charge in [0, 0.05) is 12.1 Å². The number of ether oxygens (including phenoxy) is 3. The quantitative estimate of drug-likeness (QED) is 0.306. The van der Waals surface area contributed by atoms with Gasteiger partial charge in [-0.2, -0.15) is 0 Å². The summed E-state index contributed by atoms with van der Waals surface area (Å²) in [5, 5.41) is 0.870. The van der Waals surface area contributed by atoms with E-state index in [1.165, 1.54) is 24.9 Å². The largest absolute Gasteiger partial charge is 0.497 e. The number of halogens is 2. The lowest BCUT2D eigenvalue weighted by Gasteiger charge is -2.14. The minimum absolute atomic E-state index is 0.00578. The van der Waals surface area contributed by atoms with Gasteiger partial charge in [-0.05, 0) is 72.8 Å². The predicted octanol–water partition coefficient (Wildman–Crippen LogP) is 6.70. The molecule has 36 heavy (non-hydrogen) atoms. The smallest absolute Gasteiger partial charge is 0.266 e. The van der Waals surface area contributed by atoms with Crippen LogP contribution in [0.2, 0.25) is 5.02 Å². The van der Waals surface area contributed by atoms with E-state index in [1.807, 2.05) is 31.2 Å². The molecule has 0 saturated carbocycles. The highest BCUT2D eigenvalue weighted by molar-refractivity contribution is 8.18. The van der Waals surface area contributed by atoms with Crippen molar-refractivity contribution in [3.05, 3.63) is 87.5 Å². The average Bonchev–Trinajstić information content (AvgIpc) is 3.17.